The molecule has 0 aromatic heterocycles. The molecule has 3 rings (SSSR count). The number of hydrogen-bond acceptors (Lipinski definition) is 2. The maximum atomic E-state index is 12.7. The molecule has 3 atom stereocenters. The molecule has 0 bridgehead atoms. The average molecular weight is 287 g/mol. The van der Waals surface area contributed by atoms with Crippen LogP contribution in [-0.2, 0) is 4.79 Å². The van der Waals surface area contributed by atoms with E-state index >= 15 is 0 Å². The Bertz CT molecular complexity index is 319. The predicted molar refractivity (Wildman–Crippen MR) is 79.3 cm³/mol. The van der Waals surface area contributed by atoms with Crippen LogP contribution in [0.3, 0.4) is 0 Å². The van der Waals surface area contributed by atoms with Gasteiger partial charge in [0.15, 0.2) is 0 Å². The van der Waals surface area contributed by atoms with Gasteiger partial charge in [-0.3, -0.25) is 4.79 Å². The summed E-state index contributed by atoms with van der Waals surface area (Å²) in [4.78, 5) is 14.9. The molecule has 0 aromatic rings. The van der Waals surface area contributed by atoms with E-state index in [4.69, 9.17) is 5.73 Å². The number of likely N-dealkylation sites (tertiary alicyclic amines) is 1. The first kappa shape index (κ1) is 15.1. The van der Waals surface area contributed by atoms with Crippen LogP contribution >= 0.6 is 12.4 Å². The predicted octanol–water partition coefficient (Wildman–Crippen LogP) is 2.72. The van der Waals surface area contributed by atoms with E-state index in [0.717, 1.165) is 38.1 Å². The van der Waals surface area contributed by atoms with Crippen LogP contribution in [0.4, 0.5) is 0 Å². The number of hydrogen-bond donors (Lipinski definition) is 1. The first-order valence-corrected chi connectivity index (χ1v) is 7.82. The highest BCUT2D eigenvalue weighted by molar-refractivity contribution is 5.85. The molecule has 0 radical (unpaired) electrons. The lowest BCUT2D eigenvalue weighted by molar-refractivity contribution is -0.139. The highest BCUT2D eigenvalue weighted by atomic mass is 35.5. The van der Waals surface area contributed by atoms with Crippen LogP contribution < -0.4 is 5.73 Å². The second-order valence-electron chi connectivity index (χ2n) is 6.56. The lowest BCUT2D eigenvalue weighted by Gasteiger charge is -2.39. The Labute approximate surface area is 122 Å². The van der Waals surface area contributed by atoms with Gasteiger partial charge in [-0.05, 0) is 50.9 Å². The van der Waals surface area contributed by atoms with Gasteiger partial charge in [-0.15, -0.1) is 12.4 Å². The molecule has 2 N–H and O–H groups in total. The smallest absolute Gasteiger partial charge is 0.225 e. The first-order chi connectivity index (χ1) is 8.75. The Morgan fingerprint density at radius 1 is 1.00 bits per heavy atom. The van der Waals surface area contributed by atoms with Gasteiger partial charge in [-0.2, -0.15) is 0 Å². The Morgan fingerprint density at radius 3 is 2.37 bits per heavy atom. The molecule has 4 heteroatoms. The molecule has 2 aliphatic carbocycles. The molecule has 3 aliphatic rings. The monoisotopic (exact) mass is 286 g/mol. The SMILES string of the molecule is Cl.NC1CCCC(C(=O)N2CCCC2C2CCC2)C1. The molecule has 2 saturated carbocycles. The Kier molecular flexibility index (Phi) is 5.13. The first-order valence-electron chi connectivity index (χ1n) is 7.82. The number of carbonyl (C=O) groups is 1. The minimum atomic E-state index is 0. The van der Waals surface area contributed by atoms with E-state index in [2.05, 4.69) is 4.90 Å². The van der Waals surface area contributed by atoms with Crippen molar-refractivity contribution in [2.24, 2.45) is 17.6 Å². The van der Waals surface area contributed by atoms with Gasteiger partial charge in [-0.1, -0.05) is 12.8 Å². The largest absolute Gasteiger partial charge is 0.339 e. The van der Waals surface area contributed by atoms with E-state index < -0.39 is 0 Å². The lowest BCUT2D eigenvalue weighted by Crippen LogP contribution is -2.46. The zero-order chi connectivity index (χ0) is 12.5. The van der Waals surface area contributed by atoms with Crippen LogP contribution in [0.5, 0.6) is 0 Å². The third-order valence-corrected chi connectivity index (χ3v) is 5.34. The Hall–Kier alpha value is -0.280. The number of carbonyl (C=O) groups excluding carboxylic acids is 1. The maximum Gasteiger partial charge on any atom is 0.225 e. The summed E-state index contributed by atoms with van der Waals surface area (Å²) in [5.74, 6) is 1.47. The second kappa shape index (κ2) is 6.45. The molecule has 1 aliphatic heterocycles. The van der Waals surface area contributed by atoms with Gasteiger partial charge < -0.3 is 10.6 Å². The number of nitrogens with zero attached hydrogens (tertiary/aromatic N) is 1. The summed E-state index contributed by atoms with van der Waals surface area (Å²) < 4.78 is 0. The third kappa shape index (κ3) is 3.08. The molecule has 3 nitrogen and oxygen atoms in total. The van der Waals surface area contributed by atoms with Gasteiger partial charge in [0.25, 0.3) is 0 Å². The highest BCUT2D eigenvalue weighted by Crippen LogP contribution is 2.38. The number of amides is 1. The highest BCUT2D eigenvalue weighted by Gasteiger charge is 2.39. The summed E-state index contributed by atoms with van der Waals surface area (Å²) in [6.45, 7) is 1.01. The van der Waals surface area contributed by atoms with Crippen LogP contribution in [0.1, 0.15) is 57.8 Å². The van der Waals surface area contributed by atoms with Crippen molar-refractivity contribution in [3.63, 3.8) is 0 Å². The molecule has 3 unspecified atom stereocenters. The number of rotatable bonds is 2. The van der Waals surface area contributed by atoms with Crippen LogP contribution in [0.2, 0.25) is 0 Å². The van der Waals surface area contributed by atoms with Gasteiger partial charge >= 0.3 is 0 Å². The standard InChI is InChI=1S/C15H26N2O.ClH/c16-13-7-2-6-12(10-13)15(18)17-9-3-8-14(17)11-4-1-5-11;/h11-14H,1-10,16H2;1H. The number of halogens is 1. The molecule has 0 aromatic carbocycles. The average Bonchev–Trinajstić information content (AvgIpc) is 2.74. The molecule has 1 heterocycles. The zero-order valence-electron chi connectivity index (χ0n) is 11.7. The normalized spacial score (nSPS) is 35.6. The van der Waals surface area contributed by atoms with Gasteiger partial charge in [0.05, 0.1) is 0 Å². The summed E-state index contributed by atoms with van der Waals surface area (Å²) >= 11 is 0. The van der Waals surface area contributed by atoms with E-state index in [-0.39, 0.29) is 24.4 Å². The molecule has 3 fully saturated rings. The fourth-order valence-corrected chi connectivity index (χ4v) is 4.07. The molecular formula is C15H27ClN2O. The maximum absolute atomic E-state index is 12.7. The third-order valence-electron chi connectivity index (χ3n) is 5.34. The van der Waals surface area contributed by atoms with Crippen LogP contribution in [0.15, 0.2) is 0 Å². The van der Waals surface area contributed by atoms with Crippen LogP contribution in [0, 0.1) is 11.8 Å². The van der Waals surface area contributed by atoms with E-state index in [0.29, 0.717) is 11.9 Å². The van der Waals surface area contributed by atoms with Gasteiger partial charge in [0.1, 0.15) is 0 Å². The van der Waals surface area contributed by atoms with Crippen molar-refractivity contribution in [1.29, 1.82) is 0 Å². The summed E-state index contributed by atoms with van der Waals surface area (Å²) in [5, 5.41) is 0. The fourth-order valence-electron chi connectivity index (χ4n) is 4.07. The molecule has 19 heavy (non-hydrogen) atoms. The van der Waals surface area contributed by atoms with Crippen molar-refractivity contribution in [3.05, 3.63) is 0 Å². The second-order valence-corrected chi connectivity index (χ2v) is 6.56. The minimum Gasteiger partial charge on any atom is -0.339 e. The Balaban J connectivity index is 0.00000133. The van der Waals surface area contributed by atoms with Crippen molar-refractivity contribution in [1.82, 2.24) is 4.90 Å². The van der Waals surface area contributed by atoms with Crippen molar-refractivity contribution in [2.75, 3.05) is 6.54 Å². The minimum absolute atomic E-state index is 0. The summed E-state index contributed by atoms with van der Waals surface area (Å²) in [7, 11) is 0. The zero-order valence-corrected chi connectivity index (χ0v) is 12.5. The van der Waals surface area contributed by atoms with Gasteiger partial charge in [-0.25, -0.2) is 0 Å². The fraction of sp³-hybridized carbons (Fsp3) is 0.933. The van der Waals surface area contributed by atoms with Crippen molar-refractivity contribution < 1.29 is 4.79 Å². The van der Waals surface area contributed by atoms with Gasteiger partial charge in [0, 0.05) is 24.5 Å². The van der Waals surface area contributed by atoms with E-state index in [9.17, 15) is 4.79 Å². The van der Waals surface area contributed by atoms with Crippen molar-refractivity contribution >= 4 is 18.3 Å². The van der Waals surface area contributed by atoms with Crippen molar-refractivity contribution in [3.8, 4) is 0 Å². The molecule has 0 spiro atoms. The molecule has 1 saturated heterocycles. The van der Waals surface area contributed by atoms with Gasteiger partial charge in [0.2, 0.25) is 5.91 Å². The topological polar surface area (TPSA) is 46.3 Å². The van der Waals surface area contributed by atoms with E-state index in [1.165, 1.54) is 32.1 Å². The van der Waals surface area contributed by atoms with E-state index in [1.54, 1.807) is 0 Å². The molecule has 110 valence electrons. The van der Waals surface area contributed by atoms with E-state index in [1.807, 2.05) is 0 Å². The quantitative estimate of drug-likeness (QED) is 0.848. The summed E-state index contributed by atoms with van der Waals surface area (Å²) in [6, 6.07) is 0.835. The lowest BCUT2D eigenvalue weighted by atomic mass is 9.78. The molecule has 1 amide bonds. The summed E-state index contributed by atoms with van der Waals surface area (Å²) in [6.07, 6.45) is 10.8. The Morgan fingerprint density at radius 2 is 1.74 bits per heavy atom. The summed E-state index contributed by atoms with van der Waals surface area (Å²) in [5.41, 5.74) is 6.02. The number of nitrogens with two attached hydrogens (primary N) is 1. The van der Waals surface area contributed by atoms with Crippen molar-refractivity contribution in [2.45, 2.75) is 69.9 Å². The molecular weight excluding hydrogens is 260 g/mol. The van der Waals surface area contributed by atoms with Crippen LogP contribution in [-0.4, -0.2) is 29.4 Å². The van der Waals surface area contributed by atoms with Crippen LogP contribution in [0.25, 0.3) is 0 Å².